The van der Waals surface area contributed by atoms with Gasteiger partial charge in [0.2, 0.25) is 0 Å². The number of halogens is 5. The van der Waals surface area contributed by atoms with Gasteiger partial charge in [-0.15, -0.1) is 0 Å². The van der Waals surface area contributed by atoms with Crippen molar-refractivity contribution in [2.24, 2.45) is 0 Å². The molecule has 0 aliphatic carbocycles. The highest BCUT2D eigenvalue weighted by molar-refractivity contribution is 6.55. The van der Waals surface area contributed by atoms with Crippen LogP contribution in [0.2, 0.25) is 15.1 Å². The number of hydrogen-bond donors (Lipinski definition) is 1. The van der Waals surface area contributed by atoms with Crippen LogP contribution in [0.4, 0.5) is 0 Å². The quantitative estimate of drug-likeness (QED) is 0.416. The minimum atomic E-state index is -0.826. The molecule has 1 fully saturated rings. The van der Waals surface area contributed by atoms with Crippen molar-refractivity contribution in [2.75, 3.05) is 32.8 Å². The first-order valence-electron chi connectivity index (χ1n) is 9.73. The number of rotatable bonds is 8. The molecule has 1 N–H and O–H groups in total. The Kier molecular flexibility index (Phi) is 9.06. The van der Waals surface area contributed by atoms with Crippen molar-refractivity contribution in [1.82, 2.24) is 4.90 Å². The summed E-state index contributed by atoms with van der Waals surface area (Å²) in [6.45, 7) is 2.83. The maximum absolute atomic E-state index is 11.0. The highest BCUT2D eigenvalue weighted by Crippen LogP contribution is 2.37. The fourth-order valence-electron chi connectivity index (χ4n) is 3.43. The van der Waals surface area contributed by atoms with Gasteiger partial charge in [0.15, 0.2) is 5.75 Å². The van der Waals surface area contributed by atoms with E-state index in [4.69, 9.17) is 67.5 Å². The van der Waals surface area contributed by atoms with Crippen LogP contribution in [-0.4, -0.2) is 42.9 Å². The second kappa shape index (κ2) is 11.3. The Morgan fingerprint density at radius 2 is 1.61 bits per heavy atom. The van der Waals surface area contributed by atoms with Gasteiger partial charge in [-0.3, -0.25) is 4.90 Å². The van der Waals surface area contributed by atoms with Crippen molar-refractivity contribution in [2.45, 2.75) is 18.4 Å². The van der Waals surface area contributed by atoms with E-state index in [0.29, 0.717) is 52.6 Å². The SMILES string of the molecule is OC1(c2ccc(Cl)cc2)CCN(CCOc2c(Cl)cc(OCC=C(Cl)Cl)cc2Cl)CC1. The van der Waals surface area contributed by atoms with E-state index < -0.39 is 5.60 Å². The number of ether oxygens (including phenoxy) is 2. The molecule has 0 amide bonds. The minimum absolute atomic E-state index is 0.126. The largest absolute Gasteiger partial charge is 0.489 e. The van der Waals surface area contributed by atoms with E-state index in [1.807, 2.05) is 24.3 Å². The van der Waals surface area contributed by atoms with Crippen LogP contribution in [0.3, 0.4) is 0 Å². The standard InChI is InChI=1S/C22H22Cl5NO3/c23-16-3-1-15(2-4-16)22(29)6-8-28(9-7-22)10-12-31-21-18(24)13-17(14-19(21)25)30-11-5-20(26)27/h1-5,13-14,29H,6-12H2. The van der Waals surface area contributed by atoms with Crippen LogP contribution >= 0.6 is 58.0 Å². The molecule has 0 unspecified atom stereocenters. The summed E-state index contributed by atoms with van der Waals surface area (Å²) in [4.78, 5) is 2.24. The first-order chi connectivity index (χ1) is 14.8. The lowest BCUT2D eigenvalue weighted by Gasteiger charge is -2.38. The highest BCUT2D eigenvalue weighted by atomic mass is 35.5. The number of benzene rings is 2. The Bertz CT molecular complexity index is 885. The summed E-state index contributed by atoms with van der Waals surface area (Å²) >= 11 is 29.7. The molecule has 9 heteroatoms. The lowest BCUT2D eigenvalue weighted by molar-refractivity contribution is -0.0278. The van der Waals surface area contributed by atoms with Crippen LogP contribution in [0, 0.1) is 0 Å². The molecule has 1 saturated heterocycles. The van der Waals surface area contributed by atoms with Crippen molar-refractivity contribution in [3.8, 4) is 11.5 Å². The average Bonchev–Trinajstić information content (AvgIpc) is 2.71. The summed E-state index contributed by atoms with van der Waals surface area (Å²) in [5.41, 5.74) is 0.0743. The van der Waals surface area contributed by atoms with Gasteiger partial charge in [-0.05, 0) is 36.6 Å². The molecule has 0 bridgehead atoms. The number of hydrogen-bond acceptors (Lipinski definition) is 4. The maximum Gasteiger partial charge on any atom is 0.156 e. The first kappa shape index (κ1) is 24.8. The van der Waals surface area contributed by atoms with E-state index in [9.17, 15) is 5.11 Å². The van der Waals surface area contributed by atoms with Crippen LogP contribution < -0.4 is 9.47 Å². The van der Waals surface area contributed by atoms with Gasteiger partial charge in [0.1, 0.15) is 23.5 Å². The molecule has 31 heavy (non-hydrogen) atoms. The summed E-state index contributed by atoms with van der Waals surface area (Å²) in [7, 11) is 0. The molecule has 2 aromatic rings. The van der Waals surface area contributed by atoms with Crippen molar-refractivity contribution >= 4 is 58.0 Å². The number of aliphatic hydroxyl groups is 1. The Morgan fingerprint density at radius 1 is 1.00 bits per heavy atom. The van der Waals surface area contributed by atoms with Gasteiger partial charge in [-0.1, -0.05) is 70.1 Å². The molecule has 0 saturated carbocycles. The summed E-state index contributed by atoms with van der Waals surface area (Å²) in [5, 5.41) is 12.4. The van der Waals surface area contributed by atoms with Crippen LogP contribution in [0.1, 0.15) is 18.4 Å². The van der Waals surface area contributed by atoms with Gasteiger partial charge in [0.25, 0.3) is 0 Å². The molecule has 0 radical (unpaired) electrons. The Hall–Kier alpha value is -0.850. The Labute approximate surface area is 207 Å². The zero-order valence-electron chi connectivity index (χ0n) is 16.6. The summed E-state index contributed by atoms with van der Waals surface area (Å²) in [6, 6.07) is 10.7. The zero-order chi connectivity index (χ0) is 22.4. The van der Waals surface area contributed by atoms with E-state index >= 15 is 0 Å². The van der Waals surface area contributed by atoms with Gasteiger partial charge in [-0.2, -0.15) is 0 Å². The molecule has 1 aliphatic rings. The first-order valence-corrected chi connectivity index (χ1v) is 11.6. The fourth-order valence-corrected chi connectivity index (χ4v) is 4.26. The minimum Gasteiger partial charge on any atom is -0.489 e. The molecule has 0 spiro atoms. The van der Waals surface area contributed by atoms with E-state index in [0.717, 1.165) is 18.7 Å². The van der Waals surface area contributed by atoms with Crippen molar-refractivity contribution in [1.29, 1.82) is 0 Å². The zero-order valence-corrected chi connectivity index (χ0v) is 20.4. The van der Waals surface area contributed by atoms with Gasteiger partial charge in [-0.25, -0.2) is 0 Å². The molecule has 2 aromatic carbocycles. The summed E-state index contributed by atoms with van der Waals surface area (Å²) < 4.78 is 11.4. The van der Waals surface area contributed by atoms with E-state index in [2.05, 4.69) is 4.90 Å². The van der Waals surface area contributed by atoms with Gasteiger partial charge in [0, 0.05) is 36.8 Å². The van der Waals surface area contributed by atoms with E-state index in [1.165, 1.54) is 6.08 Å². The molecule has 0 aromatic heterocycles. The van der Waals surface area contributed by atoms with Crippen LogP contribution in [0.5, 0.6) is 11.5 Å². The summed E-state index contributed by atoms with van der Waals surface area (Å²) in [6.07, 6.45) is 2.80. The third-order valence-corrected chi connectivity index (χ3v) is 6.30. The van der Waals surface area contributed by atoms with Gasteiger partial charge in [0.05, 0.1) is 15.6 Å². The third kappa shape index (κ3) is 7.06. The fraction of sp³-hybridized carbons (Fsp3) is 0.364. The molecular weight excluding hydrogens is 504 g/mol. The lowest BCUT2D eigenvalue weighted by Crippen LogP contribution is -2.43. The predicted molar refractivity (Wildman–Crippen MR) is 128 cm³/mol. The van der Waals surface area contributed by atoms with E-state index in [-0.39, 0.29) is 11.1 Å². The second-order valence-corrected chi connectivity index (χ2v) is 9.51. The molecule has 4 nitrogen and oxygen atoms in total. The Morgan fingerprint density at radius 3 is 2.19 bits per heavy atom. The van der Waals surface area contributed by atoms with Crippen molar-refractivity contribution < 1.29 is 14.6 Å². The van der Waals surface area contributed by atoms with E-state index in [1.54, 1.807) is 12.1 Å². The Balaban J connectivity index is 1.48. The molecule has 1 heterocycles. The van der Waals surface area contributed by atoms with Crippen molar-refractivity contribution in [3.05, 3.63) is 67.6 Å². The van der Waals surface area contributed by atoms with Crippen LogP contribution in [0.25, 0.3) is 0 Å². The number of likely N-dealkylation sites (tertiary alicyclic amines) is 1. The monoisotopic (exact) mass is 523 g/mol. The van der Waals surface area contributed by atoms with Gasteiger partial charge < -0.3 is 14.6 Å². The van der Waals surface area contributed by atoms with Crippen molar-refractivity contribution in [3.63, 3.8) is 0 Å². The predicted octanol–water partition coefficient (Wildman–Crippen LogP) is 6.71. The average molecular weight is 526 g/mol. The topological polar surface area (TPSA) is 41.9 Å². The molecular formula is C22H22Cl5NO3. The van der Waals surface area contributed by atoms with Gasteiger partial charge >= 0.3 is 0 Å². The highest BCUT2D eigenvalue weighted by Gasteiger charge is 2.33. The second-order valence-electron chi connectivity index (χ2n) is 7.25. The number of piperidine rings is 1. The lowest BCUT2D eigenvalue weighted by atomic mass is 9.84. The molecule has 168 valence electrons. The number of nitrogens with zero attached hydrogens (tertiary/aromatic N) is 1. The smallest absolute Gasteiger partial charge is 0.156 e. The molecule has 0 atom stereocenters. The molecule has 3 rings (SSSR count). The van der Waals surface area contributed by atoms with Crippen LogP contribution in [-0.2, 0) is 5.60 Å². The third-order valence-electron chi connectivity index (χ3n) is 5.18. The molecule has 1 aliphatic heterocycles. The normalized spacial score (nSPS) is 16.1. The summed E-state index contributed by atoms with van der Waals surface area (Å²) in [5.74, 6) is 0.905. The maximum atomic E-state index is 11.0. The van der Waals surface area contributed by atoms with Crippen LogP contribution in [0.15, 0.2) is 47.0 Å².